The molecule has 0 aliphatic rings. The van der Waals surface area contributed by atoms with Crippen molar-refractivity contribution in [3.8, 4) is 10.4 Å². The SMILES string of the molecule is Nc1csc(-c2ccc(S(=O)(=O)O)cc2)c1N. The smallest absolute Gasteiger partial charge is 0.294 e. The molecule has 0 aliphatic heterocycles. The summed E-state index contributed by atoms with van der Waals surface area (Å²) in [4.78, 5) is 0.633. The fraction of sp³-hybridized carbons (Fsp3) is 0. The van der Waals surface area contributed by atoms with Crippen LogP contribution in [0.25, 0.3) is 10.4 Å². The van der Waals surface area contributed by atoms with Gasteiger partial charge in [0.05, 0.1) is 21.1 Å². The molecule has 0 saturated heterocycles. The summed E-state index contributed by atoms with van der Waals surface area (Å²) < 4.78 is 30.6. The van der Waals surface area contributed by atoms with Crippen molar-refractivity contribution in [1.29, 1.82) is 0 Å². The van der Waals surface area contributed by atoms with Crippen molar-refractivity contribution >= 4 is 32.8 Å². The lowest BCUT2D eigenvalue weighted by molar-refractivity contribution is 0.483. The lowest BCUT2D eigenvalue weighted by Crippen LogP contribution is -1.97. The molecule has 0 saturated carbocycles. The topological polar surface area (TPSA) is 106 Å². The van der Waals surface area contributed by atoms with Gasteiger partial charge in [0.25, 0.3) is 10.1 Å². The van der Waals surface area contributed by atoms with Crippen molar-refractivity contribution in [2.45, 2.75) is 4.90 Å². The summed E-state index contributed by atoms with van der Waals surface area (Å²) in [7, 11) is -4.16. The van der Waals surface area contributed by atoms with E-state index < -0.39 is 10.1 Å². The molecule has 1 aromatic heterocycles. The predicted molar refractivity (Wildman–Crippen MR) is 68.4 cm³/mol. The van der Waals surface area contributed by atoms with Gasteiger partial charge < -0.3 is 11.5 Å². The fourth-order valence-electron chi connectivity index (χ4n) is 1.38. The van der Waals surface area contributed by atoms with Crippen LogP contribution in [0.15, 0.2) is 34.5 Å². The highest BCUT2D eigenvalue weighted by Crippen LogP contribution is 2.36. The first-order chi connectivity index (χ1) is 7.89. The standard InChI is InChI=1S/C10H10N2O3S2/c11-8-5-16-10(9(8)12)6-1-3-7(4-2-6)17(13,14)15/h1-5H,11-12H2,(H,13,14,15). The highest BCUT2D eigenvalue weighted by molar-refractivity contribution is 7.85. The zero-order valence-electron chi connectivity index (χ0n) is 8.62. The average Bonchev–Trinajstić information content (AvgIpc) is 2.59. The third-order valence-corrected chi connectivity index (χ3v) is 4.20. The number of nitrogens with two attached hydrogens (primary N) is 2. The molecule has 7 heteroatoms. The molecule has 90 valence electrons. The van der Waals surface area contributed by atoms with Crippen LogP contribution in [0.3, 0.4) is 0 Å². The molecule has 5 nitrogen and oxygen atoms in total. The maximum absolute atomic E-state index is 10.9. The lowest BCUT2D eigenvalue weighted by Gasteiger charge is -2.02. The van der Waals surface area contributed by atoms with Crippen molar-refractivity contribution in [1.82, 2.24) is 0 Å². The summed E-state index contributed by atoms with van der Waals surface area (Å²) in [6.45, 7) is 0. The maximum Gasteiger partial charge on any atom is 0.294 e. The molecular formula is C10H10N2O3S2. The second kappa shape index (κ2) is 4.02. The van der Waals surface area contributed by atoms with Crippen molar-refractivity contribution < 1.29 is 13.0 Å². The van der Waals surface area contributed by atoms with E-state index in [-0.39, 0.29) is 4.90 Å². The van der Waals surface area contributed by atoms with Crippen molar-refractivity contribution in [3.63, 3.8) is 0 Å². The van der Waals surface area contributed by atoms with E-state index in [9.17, 15) is 8.42 Å². The molecule has 0 fully saturated rings. The van der Waals surface area contributed by atoms with Crippen LogP contribution >= 0.6 is 11.3 Å². The molecule has 2 rings (SSSR count). The highest BCUT2D eigenvalue weighted by atomic mass is 32.2. The molecule has 0 unspecified atom stereocenters. The Labute approximate surface area is 102 Å². The molecule has 5 N–H and O–H groups in total. The third kappa shape index (κ3) is 2.26. The van der Waals surface area contributed by atoms with E-state index in [4.69, 9.17) is 16.0 Å². The van der Waals surface area contributed by atoms with Crippen molar-refractivity contribution in [2.75, 3.05) is 11.5 Å². The first-order valence-electron chi connectivity index (χ1n) is 4.60. The minimum absolute atomic E-state index is 0.149. The molecule has 0 atom stereocenters. The summed E-state index contributed by atoms with van der Waals surface area (Å²) in [5.74, 6) is 0. The quantitative estimate of drug-likeness (QED) is 0.722. The molecule has 2 aromatic rings. The number of benzene rings is 1. The van der Waals surface area contributed by atoms with Crippen molar-refractivity contribution in [3.05, 3.63) is 29.6 Å². The Balaban J connectivity index is 2.46. The van der Waals surface area contributed by atoms with Gasteiger partial charge in [-0.1, -0.05) is 12.1 Å². The summed E-state index contributed by atoms with van der Waals surface area (Å²) in [6, 6.07) is 5.79. The van der Waals surface area contributed by atoms with Crippen LogP contribution in [0.1, 0.15) is 0 Å². The summed E-state index contributed by atoms with van der Waals surface area (Å²) >= 11 is 1.38. The van der Waals surface area contributed by atoms with E-state index in [1.54, 1.807) is 17.5 Å². The van der Waals surface area contributed by atoms with Crippen LogP contribution in [0.2, 0.25) is 0 Å². The summed E-state index contributed by atoms with van der Waals surface area (Å²) in [6.07, 6.45) is 0. The van der Waals surface area contributed by atoms with Gasteiger partial charge in [0, 0.05) is 5.38 Å². The number of thiophene rings is 1. The van der Waals surface area contributed by atoms with Gasteiger partial charge in [-0.25, -0.2) is 0 Å². The minimum atomic E-state index is -4.16. The van der Waals surface area contributed by atoms with Gasteiger partial charge in [0.1, 0.15) is 0 Å². The number of hydrogen-bond acceptors (Lipinski definition) is 5. The van der Waals surface area contributed by atoms with Crippen LogP contribution in [-0.4, -0.2) is 13.0 Å². The van der Waals surface area contributed by atoms with Crippen LogP contribution in [0.4, 0.5) is 11.4 Å². The molecule has 0 spiro atoms. The first-order valence-corrected chi connectivity index (χ1v) is 6.92. The molecule has 1 heterocycles. The molecule has 0 amide bonds. The maximum atomic E-state index is 10.9. The number of rotatable bonds is 2. The predicted octanol–water partition coefficient (Wildman–Crippen LogP) is 1.83. The van der Waals surface area contributed by atoms with Gasteiger partial charge in [0.15, 0.2) is 0 Å². The van der Waals surface area contributed by atoms with Gasteiger partial charge in [-0.2, -0.15) is 8.42 Å². The largest absolute Gasteiger partial charge is 0.396 e. The van der Waals surface area contributed by atoms with E-state index in [2.05, 4.69) is 0 Å². The van der Waals surface area contributed by atoms with E-state index in [0.717, 1.165) is 10.4 Å². The minimum Gasteiger partial charge on any atom is -0.396 e. The van der Waals surface area contributed by atoms with Crippen LogP contribution < -0.4 is 11.5 Å². The Morgan fingerprint density at radius 1 is 1.12 bits per heavy atom. The Kier molecular flexibility index (Phi) is 2.82. The van der Waals surface area contributed by atoms with Gasteiger partial charge in [-0.3, -0.25) is 4.55 Å². The second-order valence-corrected chi connectivity index (χ2v) is 5.73. The summed E-state index contributed by atoms with van der Waals surface area (Å²) in [5, 5.41) is 1.72. The Hall–Kier alpha value is -1.57. The van der Waals surface area contributed by atoms with Crippen LogP contribution in [0, 0.1) is 0 Å². The monoisotopic (exact) mass is 270 g/mol. The normalized spacial score (nSPS) is 11.6. The Bertz CT molecular complexity index is 645. The third-order valence-electron chi connectivity index (χ3n) is 2.27. The average molecular weight is 270 g/mol. The van der Waals surface area contributed by atoms with Crippen molar-refractivity contribution in [2.24, 2.45) is 0 Å². The molecule has 1 aromatic carbocycles. The van der Waals surface area contributed by atoms with E-state index in [1.807, 2.05) is 0 Å². The Morgan fingerprint density at radius 3 is 2.12 bits per heavy atom. The van der Waals surface area contributed by atoms with E-state index >= 15 is 0 Å². The molecule has 0 radical (unpaired) electrons. The molecule has 17 heavy (non-hydrogen) atoms. The van der Waals surface area contributed by atoms with E-state index in [1.165, 1.54) is 23.5 Å². The number of hydrogen-bond donors (Lipinski definition) is 3. The molecule has 0 aliphatic carbocycles. The second-order valence-electron chi connectivity index (χ2n) is 3.43. The molecule has 0 bridgehead atoms. The van der Waals surface area contributed by atoms with Crippen LogP contribution in [-0.2, 0) is 10.1 Å². The zero-order chi connectivity index (χ0) is 12.6. The summed E-state index contributed by atoms with van der Waals surface area (Å²) in [5.41, 5.74) is 13.1. The first kappa shape index (κ1) is 11.9. The highest BCUT2D eigenvalue weighted by Gasteiger charge is 2.11. The number of anilines is 2. The fourth-order valence-corrected chi connectivity index (χ4v) is 2.75. The number of nitrogen functional groups attached to an aromatic ring is 2. The van der Waals surface area contributed by atoms with E-state index in [0.29, 0.717) is 11.4 Å². The zero-order valence-corrected chi connectivity index (χ0v) is 10.3. The molecular weight excluding hydrogens is 260 g/mol. The van der Waals surface area contributed by atoms with Gasteiger partial charge in [-0.05, 0) is 17.7 Å². The van der Waals surface area contributed by atoms with Gasteiger partial charge >= 0.3 is 0 Å². The Morgan fingerprint density at radius 2 is 1.71 bits per heavy atom. The van der Waals surface area contributed by atoms with Gasteiger partial charge in [0.2, 0.25) is 0 Å². The van der Waals surface area contributed by atoms with Crippen LogP contribution in [0.5, 0.6) is 0 Å². The lowest BCUT2D eigenvalue weighted by atomic mass is 10.1. The van der Waals surface area contributed by atoms with Gasteiger partial charge in [-0.15, -0.1) is 11.3 Å².